The molecule has 28 heavy (non-hydrogen) atoms. The second kappa shape index (κ2) is 8.21. The number of aryl methyl sites for hydroxylation is 1. The molecule has 0 amide bonds. The van der Waals surface area contributed by atoms with Gasteiger partial charge in [0, 0.05) is 56.4 Å². The monoisotopic (exact) mass is 386 g/mol. The number of piperidine rings is 2. The van der Waals surface area contributed by atoms with E-state index in [-0.39, 0.29) is 5.82 Å². The van der Waals surface area contributed by atoms with Gasteiger partial charge >= 0.3 is 0 Å². The number of rotatable bonds is 5. The van der Waals surface area contributed by atoms with Gasteiger partial charge in [-0.3, -0.25) is 4.90 Å². The number of halogens is 1. The van der Waals surface area contributed by atoms with E-state index in [1.165, 1.54) is 19.3 Å². The summed E-state index contributed by atoms with van der Waals surface area (Å²) in [6, 6.07) is 5.70. The molecule has 0 aliphatic carbocycles. The number of imidazole rings is 1. The second-order valence-corrected chi connectivity index (χ2v) is 8.43. The first-order valence-electron chi connectivity index (χ1n) is 10.5. The average molecular weight is 387 g/mol. The van der Waals surface area contributed by atoms with Crippen LogP contribution in [0.1, 0.15) is 43.5 Å². The summed E-state index contributed by atoms with van der Waals surface area (Å²) in [4.78, 5) is 8.76. The van der Waals surface area contributed by atoms with Crippen LogP contribution in [0.3, 0.4) is 0 Å². The number of hydrogen-bond donors (Lipinski definition) is 1. The highest BCUT2D eigenvalue weighted by molar-refractivity contribution is 5.48. The number of anilines is 1. The molecule has 0 bridgehead atoms. The lowest BCUT2D eigenvalue weighted by Gasteiger charge is -2.38. The van der Waals surface area contributed by atoms with Crippen molar-refractivity contribution in [1.29, 1.82) is 0 Å². The molecule has 1 aromatic heterocycles. The minimum absolute atomic E-state index is 0.113. The summed E-state index contributed by atoms with van der Waals surface area (Å²) in [5.74, 6) is 0.810. The molecule has 4 rings (SSSR count). The zero-order valence-electron chi connectivity index (χ0n) is 16.8. The Bertz CT molecular complexity index is 792. The van der Waals surface area contributed by atoms with Crippen LogP contribution in [-0.4, -0.2) is 51.3 Å². The lowest BCUT2D eigenvalue weighted by molar-refractivity contribution is -0.0362. The Morgan fingerprint density at radius 3 is 2.50 bits per heavy atom. The highest BCUT2D eigenvalue weighted by atomic mass is 19.1. The van der Waals surface area contributed by atoms with Crippen molar-refractivity contribution in [3.63, 3.8) is 0 Å². The van der Waals surface area contributed by atoms with Gasteiger partial charge in [-0.15, -0.1) is 0 Å². The summed E-state index contributed by atoms with van der Waals surface area (Å²) in [6.45, 7) is 6.74. The fourth-order valence-corrected chi connectivity index (χ4v) is 4.43. The van der Waals surface area contributed by atoms with Gasteiger partial charge in [-0.25, -0.2) is 9.37 Å². The summed E-state index contributed by atoms with van der Waals surface area (Å²) in [6.07, 6.45) is 8.73. The van der Waals surface area contributed by atoms with Gasteiger partial charge in [0.15, 0.2) is 0 Å². The Morgan fingerprint density at radius 2 is 1.86 bits per heavy atom. The molecule has 3 heterocycles. The molecule has 2 aliphatic heterocycles. The number of benzene rings is 1. The van der Waals surface area contributed by atoms with Crippen molar-refractivity contribution < 1.29 is 9.50 Å². The quantitative estimate of drug-likeness (QED) is 0.856. The van der Waals surface area contributed by atoms with Crippen molar-refractivity contribution in [3.05, 3.63) is 47.8 Å². The van der Waals surface area contributed by atoms with Gasteiger partial charge in [-0.1, -0.05) is 6.07 Å². The minimum atomic E-state index is -0.710. The highest BCUT2D eigenvalue weighted by Crippen LogP contribution is 2.27. The average Bonchev–Trinajstić information content (AvgIpc) is 3.10. The highest BCUT2D eigenvalue weighted by Gasteiger charge is 2.33. The van der Waals surface area contributed by atoms with Crippen molar-refractivity contribution in [2.45, 2.75) is 57.7 Å². The number of likely N-dealkylation sites (tertiary alicyclic amines) is 1. The number of aromatic nitrogens is 2. The maximum atomic E-state index is 14.7. The lowest BCUT2D eigenvalue weighted by atomic mass is 9.91. The van der Waals surface area contributed by atoms with Crippen LogP contribution >= 0.6 is 0 Å². The van der Waals surface area contributed by atoms with Gasteiger partial charge < -0.3 is 14.6 Å². The van der Waals surface area contributed by atoms with Gasteiger partial charge in [0.25, 0.3) is 0 Å². The van der Waals surface area contributed by atoms with Crippen LogP contribution in [0.15, 0.2) is 30.6 Å². The molecule has 2 aliphatic rings. The van der Waals surface area contributed by atoms with Gasteiger partial charge in [0.05, 0.1) is 12.1 Å². The van der Waals surface area contributed by atoms with E-state index >= 15 is 0 Å². The van der Waals surface area contributed by atoms with Crippen LogP contribution in [0.25, 0.3) is 0 Å². The summed E-state index contributed by atoms with van der Waals surface area (Å²) in [7, 11) is 0. The van der Waals surface area contributed by atoms with Crippen LogP contribution in [-0.2, 0) is 13.1 Å². The van der Waals surface area contributed by atoms with Crippen LogP contribution in [0.4, 0.5) is 10.1 Å². The standard InChI is InChI=1S/C22H31FN4O/c1-18-24-9-14-27(18)17-22(28)7-12-25(13-8-22)16-19-5-6-20(15-21(19)23)26-10-3-2-4-11-26/h5-6,9,14-15,28H,2-4,7-8,10-13,16-17H2,1H3. The molecule has 0 unspecified atom stereocenters. The van der Waals surface area contributed by atoms with Gasteiger partial charge in [-0.2, -0.15) is 0 Å². The molecule has 1 aromatic carbocycles. The zero-order valence-corrected chi connectivity index (χ0v) is 16.8. The number of nitrogens with zero attached hydrogens (tertiary/aromatic N) is 4. The molecule has 2 saturated heterocycles. The van der Waals surface area contributed by atoms with Crippen LogP contribution < -0.4 is 4.90 Å². The minimum Gasteiger partial charge on any atom is -0.388 e. The van der Waals surface area contributed by atoms with E-state index in [2.05, 4.69) is 20.9 Å². The van der Waals surface area contributed by atoms with Crippen LogP contribution in [0.5, 0.6) is 0 Å². The van der Waals surface area contributed by atoms with E-state index in [0.717, 1.165) is 43.3 Å². The SMILES string of the molecule is Cc1nccn1CC1(O)CCN(Cc2ccc(N3CCCCC3)cc2F)CC1. The normalized spacial score (nSPS) is 20.5. The molecule has 0 spiro atoms. The molecule has 6 heteroatoms. The fraction of sp³-hybridized carbons (Fsp3) is 0.591. The Morgan fingerprint density at radius 1 is 1.11 bits per heavy atom. The summed E-state index contributed by atoms with van der Waals surface area (Å²) < 4.78 is 16.7. The molecule has 0 saturated carbocycles. The summed E-state index contributed by atoms with van der Waals surface area (Å²) in [5, 5.41) is 10.9. The molecule has 1 N–H and O–H groups in total. The Labute approximate surface area is 166 Å². The predicted molar refractivity (Wildman–Crippen MR) is 109 cm³/mol. The van der Waals surface area contributed by atoms with Crippen molar-refractivity contribution in [1.82, 2.24) is 14.5 Å². The third-order valence-corrected chi connectivity index (χ3v) is 6.33. The maximum Gasteiger partial charge on any atom is 0.129 e. The van der Waals surface area contributed by atoms with Crippen LogP contribution in [0.2, 0.25) is 0 Å². The first-order chi connectivity index (χ1) is 13.5. The van der Waals surface area contributed by atoms with Gasteiger partial charge in [-0.05, 0) is 51.2 Å². The van der Waals surface area contributed by atoms with E-state index < -0.39 is 5.60 Å². The molecule has 5 nitrogen and oxygen atoms in total. The molecular formula is C22H31FN4O. The second-order valence-electron chi connectivity index (χ2n) is 8.43. The van der Waals surface area contributed by atoms with Crippen molar-refractivity contribution in [2.24, 2.45) is 0 Å². The Balaban J connectivity index is 1.33. The molecule has 152 valence electrons. The molecular weight excluding hydrogens is 355 g/mol. The summed E-state index contributed by atoms with van der Waals surface area (Å²) in [5.41, 5.74) is 1.04. The Hall–Kier alpha value is -1.92. The van der Waals surface area contributed by atoms with E-state index in [0.29, 0.717) is 25.9 Å². The molecule has 0 atom stereocenters. The predicted octanol–water partition coefficient (Wildman–Crippen LogP) is 3.35. The van der Waals surface area contributed by atoms with Crippen molar-refractivity contribution in [2.75, 3.05) is 31.1 Å². The van der Waals surface area contributed by atoms with E-state index in [9.17, 15) is 9.50 Å². The third kappa shape index (κ3) is 4.39. The molecule has 2 aromatic rings. The largest absolute Gasteiger partial charge is 0.388 e. The van der Waals surface area contributed by atoms with Crippen molar-refractivity contribution >= 4 is 5.69 Å². The van der Waals surface area contributed by atoms with Gasteiger partial charge in [0.2, 0.25) is 0 Å². The molecule has 2 fully saturated rings. The smallest absolute Gasteiger partial charge is 0.129 e. The summed E-state index contributed by atoms with van der Waals surface area (Å²) >= 11 is 0. The lowest BCUT2D eigenvalue weighted by Crippen LogP contribution is -2.46. The fourth-order valence-electron chi connectivity index (χ4n) is 4.43. The third-order valence-electron chi connectivity index (χ3n) is 6.33. The zero-order chi connectivity index (χ0) is 19.6. The van der Waals surface area contributed by atoms with Gasteiger partial charge in [0.1, 0.15) is 11.6 Å². The van der Waals surface area contributed by atoms with E-state index in [4.69, 9.17) is 0 Å². The first kappa shape index (κ1) is 19.4. The molecule has 0 radical (unpaired) electrons. The first-order valence-corrected chi connectivity index (χ1v) is 10.5. The number of hydrogen-bond acceptors (Lipinski definition) is 4. The topological polar surface area (TPSA) is 44.5 Å². The van der Waals surface area contributed by atoms with Crippen LogP contribution in [0, 0.1) is 12.7 Å². The number of aliphatic hydroxyl groups is 1. The van der Waals surface area contributed by atoms with E-state index in [1.54, 1.807) is 12.3 Å². The Kier molecular flexibility index (Phi) is 5.69. The maximum absolute atomic E-state index is 14.7. The van der Waals surface area contributed by atoms with Crippen molar-refractivity contribution in [3.8, 4) is 0 Å². The van der Waals surface area contributed by atoms with E-state index in [1.807, 2.05) is 23.8 Å².